The van der Waals surface area contributed by atoms with E-state index in [2.05, 4.69) is 12.2 Å². The maximum absolute atomic E-state index is 12.5. The van der Waals surface area contributed by atoms with E-state index in [1.807, 2.05) is 0 Å². The summed E-state index contributed by atoms with van der Waals surface area (Å²) in [5, 5.41) is 3.38. The second-order valence-electron chi connectivity index (χ2n) is 5.98. The highest BCUT2D eigenvalue weighted by molar-refractivity contribution is 5.77. The first-order chi connectivity index (χ1) is 8.77. The third-order valence-corrected chi connectivity index (χ3v) is 4.46. The van der Waals surface area contributed by atoms with Crippen LogP contribution in [0.25, 0.3) is 0 Å². The number of hydrogen-bond donors (Lipinski definition) is 1. The number of carbonyl (C=O) groups excluding carboxylic acids is 1. The predicted molar refractivity (Wildman–Crippen MR) is 72.4 cm³/mol. The Bertz CT molecular complexity index is 260. The summed E-state index contributed by atoms with van der Waals surface area (Å²) < 4.78 is 5.81. The number of piperidine rings is 1. The Hall–Kier alpha value is -0.570. The van der Waals surface area contributed by atoms with Crippen molar-refractivity contribution in [3.8, 4) is 0 Å². The van der Waals surface area contributed by atoms with Gasteiger partial charge in [0.15, 0.2) is 0 Å². The zero-order chi connectivity index (χ0) is 12.8. The number of nitrogens with one attached hydrogen (secondary N) is 1. The van der Waals surface area contributed by atoms with E-state index in [-0.39, 0.29) is 17.5 Å². The van der Waals surface area contributed by atoms with Crippen molar-refractivity contribution < 1.29 is 9.53 Å². The SMILES string of the molecule is CCCC1(C(=O)OC2CCCCC2)CCCNC1. The normalized spacial score (nSPS) is 30.1. The lowest BCUT2D eigenvalue weighted by Gasteiger charge is -2.37. The standard InChI is InChI=1S/C15H27NO2/c1-2-9-15(10-6-11-16-12-15)14(17)18-13-7-4-3-5-8-13/h13,16H,2-12H2,1H3. The molecule has 104 valence electrons. The maximum Gasteiger partial charge on any atom is 0.313 e. The van der Waals surface area contributed by atoms with Crippen LogP contribution in [0.2, 0.25) is 0 Å². The molecule has 1 saturated carbocycles. The largest absolute Gasteiger partial charge is 0.462 e. The van der Waals surface area contributed by atoms with E-state index in [4.69, 9.17) is 4.74 Å². The van der Waals surface area contributed by atoms with Crippen LogP contribution in [-0.4, -0.2) is 25.2 Å². The van der Waals surface area contributed by atoms with Gasteiger partial charge in [-0.25, -0.2) is 0 Å². The quantitative estimate of drug-likeness (QED) is 0.783. The molecule has 2 aliphatic rings. The first kappa shape index (κ1) is 13.9. The first-order valence-electron chi connectivity index (χ1n) is 7.69. The van der Waals surface area contributed by atoms with Crippen LogP contribution in [0.4, 0.5) is 0 Å². The number of hydrogen-bond acceptors (Lipinski definition) is 3. The van der Waals surface area contributed by atoms with Crippen LogP contribution >= 0.6 is 0 Å². The van der Waals surface area contributed by atoms with Gasteiger partial charge in [-0.15, -0.1) is 0 Å². The smallest absolute Gasteiger partial charge is 0.313 e. The van der Waals surface area contributed by atoms with Gasteiger partial charge in [-0.2, -0.15) is 0 Å². The van der Waals surface area contributed by atoms with E-state index in [0.717, 1.165) is 51.6 Å². The average molecular weight is 253 g/mol. The molecular formula is C15H27NO2. The number of carbonyl (C=O) groups is 1. The molecule has 2 fully saturated rings. The van der Waals surface area contributed by atoms with Gasteiger partial charge in [0.2, 0.25) is 0 Å². The van der Waals surface area contributed by atoms with Crippen LogP contribution < -0.4 is 5.32 Å². The zero-order valence-electron chi connectivity index (χ0n) is 11.7. The molecule has 1 heterocycles. The first-order valence-corrected chi connectivity index (χ1v) is 7.69. The molecule has 2 rings (SSSR count). The molecule has 0 aromatic heterocycles. The van der Waals surface area contributed by atoms with Gasteiger partial charge in [-0.05, 0) is 51.5 Å². The molecule has 0 radical (unpaired) electrons. The molecule has 1 N–H and O–H groups in total. The molecule has 1 aliphatic carbocycles. The minimum absolute atomic E-state index is 0.0726. The second kappa shape index (κ2) is 6.55. The molecule has 0 spiro atoms. The van der Waals surface area contributed by atoms with Gasteiger partial charge in [0.1, 0.15) is 6.10 Å². The lowest BCUT2D eigenvalue weighted by Crippen LogP contribution is -2.47. The molecule has 0 amide bonds. The van der Waals surface area contributed by atoms with Gasteiger partial charge in [0.05, 0.1) is 5.41 Å². The Labute approximate surface area is 111 Å². The summed E-state index contributed by atoms with van der Waals surface area (Å²) in [4.78, 5) is 12.5. The Morgan fingerprint density at radius 3 is 2.67 bits per heavy atom. The molecule has 0 aromatic carbocycles. The van der Waals surface area contributed by atoms with Crippen molar-refractivity contribution >= 4 is 5.97 Å². The lowest BCUT2D eigenvalue weighted by molar-refractivity contribution is -0.165. The minimum Gasteiger partial charge on any atom is -0.462 e. The van der Waals surface area contributed by atoms with E-state index in [1.165, 1.54) is 19.3 Å². The fourth-order valence-electron chi connectivity index (χ4n) is 3.40. The van der Waals surface area contributed by atoms with Gasteiger partial charge in [-0.1, -0.05) is 19.8 Å². The van der Waals surface area contributed by atoms with Crippen molar-refractivity contribution in [3.63, 3.8) is 0 Å². The summed E-state index contributed by atoms with van der Waals surface area (Å²) >= 11 is 0. The highest BCUT2D eigenvalue weighted by atomic mass is 16.5. The Morgan fingerprint density at radius 1 is 1.28 bits per heavy atom. The van der Waals surface area contributed by atoms with Crippen molar-refractivity contribution in [3.05, 3.63) is 0 Å². The van der Waals surface area contributed by atoms with Gasteiger partial charge in [0, 0.05) is 6.54 Å². The minimum atomic E-state index is -0.232. The summed E-state index contributed by atoms with van der Waals surface area (Å²) in [6, 6.07) is 0. The molecule has 0 bridgehead atoms. The second-order valence-corrected chi connectivity index (χ2v) is 5.98. The third-order valence-electron chi connectivity index (χ3n) is 4.46. The van der Waals surface area contributed by atoms with Crippen molar-refractivity contribution in [2.45, 2.75) is 70.8 Å². The molecule has 18 heavy (non-hydrogen) atoms. The van der Waals surface area contributed by atoms with Crippen molar-refractivity contribution in [1.82, 2.24) is 5.32 Å². The summed E-state index contributed by atoms with van der Waals surface area (Å²) in [5.41, 5.74) is -0.232. The maximum atomic E-state index is 12.5. The molecular weight excluding hydrogens is 226 g/mol. The molecule has 3 heteroatoms. The van der Waals surface area contributed by atoms with Crippen LogP contribution in [-0.2, 0) is 9.53 Å². The number of rotatable bonds is 4. The van der Waals surface area contributed by atoms with E-state index in [0.29, 0.717) is 0 Å². The summed E-state index contributed by atoms with van der Waals surface area (Å²) in [5.74, 6) is 0.0726. The topological polar surface area (TPSA) is 38.3 Å². The van der Waals surface area contributed by atoms with Crippen molar-refractivity contribution in [1.29, 1.82) is 0 Å². The third kappa shape index (κ3) is 3.25. The van der Waals surface area contributed by atoms with E-state index in [9.17, 15) is 4.79 Å². The predicted octanol–water partition coefficient (Wildman–Crippen LogP) is 3.03. The summed E-state index contributed by atoms with van der Waals surface area (Å²) in [7, 11) is 0. The van der Waals surface area contributed by atoms with Gasteiger partial charge < -0.3 is 10.1 Å². The van der Waals surface area contributed by atoms with Crippen LogP contribution in [0, 0.1) is 5.41 Å². The molecule has 1 saturated heterocycles. The monoisotopic (exact) mass is 253 g/mol. The average Bonchev–Trinajstić information content (AvgIpc) is 2.41. The van der Waals surface area contributed by atoms with Gasteiger partial charge in [-0.3, -0.25) is 4.79 Å². The van der Waals surface area contributed by atoms with E-state index < -0.39 is 0 Å². The van der Waals surface area contributed by atoms with Crippen LogP contribution in [0.15, 0.2) is 0 Å². The molecule has 1 atom stereocenters. The van der Waals surface area contributed by atoms with Crippen LogP contribution in [0.5, 0.6) is 0 Å². The molecule has 1 unspecified atom stereocenters. The Kier molecular flexibility index (Phi) is 5.04. The van der Waals surface area contributed by atoms with Crippen molar-refractivity contribution in [2.75, 3.05) is 13.1 Å². The fourth-order valence-corrected chi connectivity index (χ4v) is 3.40. The molecule has 3 nitrogen and oxygen atoms in total. The summed E-state index contributed by atoms with van der Waals surface area (Å²) in [6.45, 7) is 4.01. The fraction of sp³-hybridized carbons (Fsp3) is 0.933. The van der Waals surface area contributed by atoms with Crippen molar-refractivity contribution in [2.24, 2.45) is 5.41 Å². The zero-order valence-corrected chi connectivity index (χ0v) is 11.7. The Balaban J connectivity index is 1.94. The van der Waals surface area contributed by atoms with E-state index in [1.54, 1.807) is 0 Å². The van der Waals surface area contributed by atoms with Gasteiger partial charge >= 0.3 is 5.97 Å². The van der Waals surface area contributed by atoms with Crippen LogP contribution in [0.1, 0.15) is 64.7 Å². The van der Waals surface area contributed by atoms with Crippen LogP contribution in [0.3, 0.4) is 0 Å². The number of esters is 1. The highest BCUT2D eigenvalue weighted by Gasteiger charge is 2.41. The highest BCUT2D eigenvalue weighted by Crippen LogP contribution is 2.34. The molecule has 0 aromatic rings. The van der Waals surface area contributed by atoms with Gasteiger partial charge in [0.25, 0.3) is 0 Å². The molecule has 1 aliphatic heterocycles. The van der Waals surface area contributed by atoms with E-state index >= 15 is 0 Å². The Morgan fingerprint density at radius 2 is 2.06 bits per heavy atom. The lowest BCUT2D eigenvalue weighted by atomic mass is 9.77. The number of ether oxygens (including phenoxy) is 1. The summed E-state index contributed by atoms with van der Waals surface area (Å²) in [6.07, 6.45) is 10.2.